The van der Waals surface area contributed by atoms with Crippen molar-refractivity contribution < 1.29 is 4.74 Å². The van der Waals surface area contributed by atoms with Gasteiger partial charge in [0.05, 0.1) is 0 Å². The minimum Gasteiger partial charge on any atom is -0.365 e. The van der Waals surface area contributed by atoms with Crippen LogP contribution in [0.25, 0.3) is 0 Å². The van der Waals surface area contributed by atoms with Crippen LogP contribution < -0.4 is 5.32 Å². The Morgan fingerprint density at radius 2 is 2.50 bits per heavy atom. The zero-order valence-electron chi connectivity index (χ0n) is 6.76. The van der Waals surface area contributed by atoms with Gasteiger partial charge in [-0.2, -0.15) is 0 Å². The first kappa shape index (κ1) is 7.98. The lowest BCUT2D eigenvalue weighted by Gasteiger charge is -2.33. The molecular formula is C7H16N2O. The Labute approximate surface area is 62.3 Å². The fourth-order valence-electron chi connectivity index (χ4n) is 1.32. The fraction of sp³-hybridized carbons (Fsp3) is 1.00. The SMILES string of the molecule is CCN1CCNCC1OC. The third kappa shape index (κ3) is 1.68. The minimum absolute atomic E-state index is 0.291. The summed E-state index contributed by atoms with van der Waals surface area (Å²) in [5.74, 6) is 0. The van der Waals surface area contributed by atoms with E-state index in [1.807, 2.05) is 0 Å². The summed E-state index contributed by atoms with van der Waals surface area (Å²) in [5.41, 5.74) is 0. The molecule has 10 heavy (non-hydrogen) atoms. The van der Waals surface area contributed by atoms with E-state index < -0.39 is 0 Å². The molecule has 0 spiro atoms. The first-order valence-corrected chi connectivity index (χ1v) is 3.86. The molecule has 1 unspecified atom stereocenters. The smallest absolute Gasteiger partial charge is 0.122 e. The molecule has 1 heterocycles. The number of likely N-dealkylation sites (N-methyl/N-ethyl adjacent to an activating group) is 1. The summed E-state index contributed by atoms with van der Waals surface area (Å²) in [4.78, 5) is 2.33. The van der Waals surface area contributed by atoms with Crippen LogP contribution in [0.15, 0.2) is 0 Å². The molecule has 3 nitrogen and oxygen atoms in total. The molecule has 0 bridgehead atoms. The number of piperazine rings is 1. The van der Waals surface area contributed by atoms with Gasteiger partial charge in [-0.15, -0.1) is 0 Å². The molecule has 0 aromatic rings. The van der Waals surface area contributed by atoms with Crippen LogP contribution in [0.3, 0.4) is 0 Å². The highest BCUT2D eigenvalue weighted by molar-refractivity contribution is 4.70. The Morgan fingerprint density at radius 1 is 1.70 bits per heavy atom. The van der Waals surface area contributed by atoms with Gasteiger partial charge in [0, 0.05) is 26.7 Å². The topological polar surface area (TPSA) is 24.5 Å². The van der Waals surface area contributed by atoms with Gasteiger partial charge in [0.15, 0.2) is 0 Å². The van der Waals surface area contributed by atoms with Crippen molar-refractivity contribution in [1.29, 1.82) is 0 Å². The number of nitrogens with one attached hydrogen (secondary N) is 1. The van der Waals surface area contributed by atoms with Gasteiger partial charge in [-0.1, -0.05) is 6.92 Å². The maximum absolute atomic E-state index is 5.26. The highest BCUT2D eigenvalue weighted by atomic mass is 16.5. The van der Waals surface area contributed by atoms with E-state index >= 15 is 0 Å². The van der Waals surface area contributed by atoms with E-state index in [9.17, 15) is 0 Å². The number of hydrogen-bond donors (Lipinski definition) is 1. The second kappa shape index (κ2) is 3.91. The number of ether oxygens (including phenoxy) is 1. The van der Waals surface area contributed by atoms with Crippen LogP contribution in [0.5, 0.6) is 0 Å². The lowest BCUT2D eigenvalue weighted by Crippen LogP contribution is -2.51. The summed E-state index contributed by atoms with van der Waals surface area (Å²) in [6.45, 7) is 6.41. The zero-order chi connectivity index (χ0) is 7.40. The number of rotatable bonds is 2. The third-order valence-corrected chi connectivity index (χ3v) is 1.98. The second-order valence-electron chi connectivity index (χ2n) is 2.52. The Balaban J connectivity index is 2.34. The van der Waals surface area contributed by atoms with Crippen molar-refractivity contribution in [2.24, 2.45) is 0 Å². The lowest BCUT2D eigenvalue weighted by atomic mass is 10.3. The molecule has 1 atom stereocenters. The lowest BCUT2D eigenvalue weighted by molar-refractivity contribution is -0.0423. The van der Waals surface area contributed by atoms with Crippen LogP contribution in [0.1, 0.15) is 6.92 Å². The molecule has 1 fully saturated rings. The fourth-order valence-corrected chi connectivity index (χ4v) is 1.32. The van der Waals surface area contributed by atoms with Gasteiger partial charge in [0.1, 0.15) is 6.23 Å². The molecule has 3 heteroatoms. The maximum atomic E-state index is 5.26. The van der Waals surface area contributed by atoms with Crippen molar-refractivity contribution in [2.75, 3.05) is 33.3 Å². The monoisotopic (exact) mass is 144 g/mol. The molecule has 1 aliphatic rings. The normalized spacial score (nSPS) is 28.8. The Bertz CT molecular complexity index is 85.6. The van der Waals surface area contributed by atoms with Gasteiger partial charge in [0.2, 0.25) is 0 Å². The zero-order valence-corrected chi connectivity index (χ0v) is 6.76. The summed E-state index contributed by atoms with van der Waals surface area (Å²) < 4.78 is 5.26. The second-order valence-corrected chi connectivity index (χ2v) is 2.52. The highest BCUT2D eigenvalue weighted by Gasteiger charge is 2.18. The van der Waals surface area contributed by atoms with Crippen LogP contribution in [0.2, 0.25) is 0 Å². The van der Waals surface area contributed by atoms with E-state index in [-0.39, 0.29) is 0 Å². The molecule has 1 N–H and O–H groups in total. The number of nitrogens with zero attached hydrogens (tertiary/aromatic N) is 1. The first-order valence-electron chi connectivity index (χ1n) is 3.86. The van der Waals surface area contributed by atoms with Crippen molar-refractivity contribution in [3.63, 3.8) is 0 Å². The highest BCUT2D eigenvalue weighted by Crippen LogP contribution is 2.01. The largest absolute Gasteiger partial charge is 0.365 e. The van der Waals surface area contributed by atoms with E-state index in [1.54, 1.807) is 7.11 Å². The van der Waals surface area contributed by atoms with Crippen LogP contribution in [-0.4, -0.2) is 44.4 Å². The van der Waals surface area contributed by atoms with Gasteiger partial charge < -0.3 is 10.1 Å². The Morgan fingerprint density at radius 3 is 3.00 bits per heavy atom. The molecule has 0 saturated carbocycles. The molecule has 1 rings (SSSR count). The van der Waals surface area contributed by atoms with Crippen molar-refractivity contribution in [1.82, 2.24) is 10.2 Å². The van der Waals surface area contributed by atoms with Crippen molar-refractivity contribution in [3.05, 3.63) is 0 Å². The third-order valence-electron chi connectivity index (χ3n) is 1.98. The molecule has 0 aromatic carbocycles. The average molecular weight is 144 g/mol. The molecule has 60 valence electrons. The van der Waals surface area contributed by atoms with Crippen molar-refractivity contribution in [3.8, 4) is 0 Å². The number of methoxy groups -OCH3 is 1. The van der Waals surface area contributed by atoms with Gasteiger partial charge >= 0.3 is 0 Å². The Kier molecular flexibility index (Phi) is 3.12. The van der Waals surface area contributed by atoms with Crippen LogP contribution in [0.4, 0.5) is 0 Å². The van der Waals surface area contributed by atoms with Gasteiger partial charge in [0.25, 0.3) is 0 Å². The van der Waals surface area contributed by atoms with Gasteiger partial charge in [-0.25, -0.2) is 0 Å². The van der Waals surface area contributed by atoms with Gasteiger partial charge in [-0.05, 0) is 6.54 Å². The van der Waals surface area contributed by atoms with Crippen molar-refractivity contribution >= 4 is 0 Å². The van der Waals surface area contributed by atoms with Crippen LogP contribution >= 0.6 is 0 Å². The number of hydrogen-bond acceptors (Lipinski definition) is 3. The van der Waals surface area contributed by atoms with Gasteiger partial charge in [-0.3, -0.25) is 4.90 Å². The average Bonchev–Trinajstić information content (AvgIpc) is 2.04. The predicted molar refractivity (Wildman–Crippen MR) is 40.9 cm³/mol. The Hall–Kier alpha value is -0.120. The van der Waals surface area contributed by atoms with Crippen LogP contribution in [0, 0.1) is 0 Å². The van der Waals surface area contributed by atoms with Crippen molar-refractivity contribution in [2.45, 2.75) is 13.2 Å². The molecule has 0 amide bonds. The first-order chi connectivity index (χ1) is 4.88. The maximum Gasteiger partial charge on any atom is 0.122 e. The summed E-state index contributed by atoms with van der Waals surface area (Å²) in [6.07, 6.45) is 0.291. The molecule has 1 saturated heterocycles. The summed E-state index contributed by atoms with van der Waals surface area (Å²) in [6, 6.07) is 0. The predicted octanol–water partition coefficient (Wildman–Crippen LogP) is -0.116. The molecule has 0 aliphatic carbocycles. The van der Waals surface area contributed by atoms with E-state index in [4.69, 9.17) is 4.74 Å². The minimum atomic E-state index is 0.291. The molecule has 1 aliphatic heterocycles. The summed E-state index contributed by atoms with van der Waals surface area (Å²) >= 11 is 0. The quantitative estimate of drug-likeness (QED) is 0.585. The van der Waals surface area contributed by atoms with Crippen LogP contribution in [-0.2, 0) is 4.74 Å². The van der Waals surface area contributed by atoms with E-state index in [2.05, 4.69) is 17.1 Å². The standard InChI is InChI=1S/C7H16N2O/c1-3-9-5-4-8-6-7(9)10-2/h7-8H,3-6H2,1-2H3. The molecular weight excluding hydrogens is 128 g/mol. The molecule has 0 radical (unpaired) electrons. The summed E-state index contributed by atoms with van der Waals surface area (Å²) in [5, 5.41) is 3.28. The molecule has 0 aromatic heterocycles. The van der Waals surface area contributed by atoms with E-state index in [0.717, 1.165) is 26.2 Å². The summed E-state index contributed by atoms with van der Waals surface area (Å²) in [7, 11) is 1.76. The van der Waals surface area contributed by atoms with E-state index in [1.165, 1.54) is 0 Å². The van der Waals surface area contributed by atoms with E-state index in [0.29, 0.717) is 6.23 Å².